The third-order valence-corrected chi connectivity index (χ3v) is 8.32. The molecule has 1 unspecified atom stereocenters. The molecule has 1 aromatic carbocycles. The van der Waals surface area contributed by atoms with Crippen LogP contribution >= 0.6 is 0 Å². The van der Waals surface area contributed by atoms with Gasteiger partial charge in [-0.15, -0.1) is 0 Å². The molecule has 2 fully saturated rings. The predicted octanol–water partition coefficient (Wildman–Crippen LogP) is 5.66. The fourth-order valence-corrected chi connectivity index (χ4v) is 5.95. The maximum Gasteiger partial charge on any atom is 0.129 e. The minimum Gasteiger partial charge on any atom is -0.374 e. The van der Waals surface area contributed by atoms with Gasteiger partial charge in [-0.2, -0.15) is 0 Å². The Kier molecular flexibility index (Phi) is 5.24. The van der Waals surface area contributed by atoms with E-state index in [2.05, 4.69) is 62.1 Å². The van der Waals surface area contributed by atoms with Crippen molar-refractivity contribution in [3.8, 4) is 0 Å². The van der Waals surface area contributed by atoms with Crippen molar-refractivity contribution in [3.05, 3.63) is 47.5 Å². The van der Waals surface area contributed by atoms with Crippen LogP contribution in [0.4, 0.5) is 0 Å². The fourth-order valence-electron chi connectivity index (χ4n) is 5.95. The van der Waals surface area contributed by atoms with Gasteiger partial charge in [0.25, 0.3) is 0 Å². The van der Waals surface area contributed by atoms with Gasteiger partial charge in [-0.1, -0.05) is 56.7 Å². The summed E-state index contributed by atoms with van der Waals surface area (Å²) < 4.78 is 0. The Morgan fingerprint density at radius 2 is 1.74 bits per heavy atom. The molecule has 2 nitrogen and oxygen atoms in total. The second-order valence-corrected chi connectivity index (χ2v) is 9.88. The predicted molar refractivity (Wildman–Crippen MR) is 113 cm³/mol. The SMILES string of the molecule is CC1=CC[C@]2(CC[C@](c3ccccc3)(C(C)C)CC2)N(CC2CCC2)C1O. The van der Waals surface area contributed by atoms with Gasteiger partial charge >= 0.3 is 0 Å². The van der Waals surface area contributed by atoms with Crippen LogP contribution in [-0.2, 0) is 5.41 Å². The molecule has 0 aromatic heterocycles. The molecule has 27 heavy (non-hydrogen) atoms. The molecule has 1 spiro atoms. The zero-order valence-electron chi connectivity index (χ0n) is 17.5. The van der Waals surface area contributed by atoms with Crippen LogP contribution in [0.3, 0.4) is 0 Å². The quantitative estimate of drug-likeness (QED) is 0.694. The van der Waals surface area contributed by atoms with Gasteiger partial charge in [-0.3, -0.25) is 4.90 Å². The van der Waals surface area contributed by atoms with E-state index in [-0.39, 0.29) is 17.2 Å². The Balaban J connectivity index is 1.59. The van der Waals surface area contributed by atoms with Gasteiger partial charge < -0.3 is 5.11 Å². The fraction of sp³-hybridized carbons (Fsp3) is 0.680. The van der Waals surface area contributed by atoms with Crippen LogP contribution in [0.15, 0.2) is 42.0 Å². The van der Waals surface area contributed by atoms with Crippen LogP contribution in [0.2, 0.25) is 0 Å². The van der Waals surface area contributed by atoms with Crippen LogP contribution in [0, 0.1) is 11.8 Å². The Bertz CT molecular complexity index is 665. The van der Waals surface area contributed by atoms with Crippen LogP contribution < -0.4 is 0 Å². The number of aliphatic hydroxyl groups excluding tert-OH is 1. The first-order valence-corrected chi connectivity index (χ1v) is 11.1. The molecule has 1 heterocycles. The number of hydrogen-bond acceptors (Lipinski definition) is 2. The van der Waals surface area contributed by atoms with Gasteiger partial charge in [0.15, 0.2) is 0 Å². The van der Waals surface area contributed by atoms with Gasteiger partial charge in [0.05, 0.1) is 0 Å². The van der Waals surface area contributed by atoms with E-state index in [0.717, 1.165) is 24.5 Å². The first kappa shape index (κ1) is 19.2. The molecule has 4 rings (SSSR count). The van der Waals surface area contributed by atoms with E-state index in [0.29, 0.717) is 5.92 Å². The van der Waals surface area contributed by atoms with Crippen molar-refractivity contribution in [1.29, 1.82) is 0 Å². The minimum atomic E-state index is -0.373. The van der Waals surface area contributed by atoms with Crippen LogP contribution in [0.1, 0.15) is 77.7 Å². The molecule has 1 N–H and O–H groups in total. The first-order chi connectivity index (χ1) is 13.0. The second kappa shape index (κ2) is 7.37. The number of aliphatic hydroxyl groups is 1. The zero-order chi connectivity index (χ0) is 19.1. The summed E-state index contributed by atoms with van der Waals surface area (Å²) in [4.78, 5) is 2.52. The van der Waals surface area contributed by atoms with Gasteiger partial charge in [-0.05, 0) is 80.3 Å². The summed E-state index contributed by atoms with van der Waals surface area (Å²) in [7, 11) is 0. The highest BCUT2D eigenvalue weighted by Gasteiger charge is 2.50. The summed E-state index contributed by atoms with van der Waals surface area (Å²) in [5.41, 5.74) is 3.13. The smallest absolute Gasteiger partial charge is 0.129 e. The normalized spacial score (nSPS) is 35.3. The zero-order valence-corrected chi connectivity index (χ0v) is 17.5. The van der Waals surface area contributed by atoms with E-state index in [1.165, 1.54) is 50.5 Å². The Morgan fingerprint density at radius 3 is 2.30 bits per heavy atom. The number of rotatable bonds is 4. The topological polar surface area (TPSA) is 23.5 Å². The lowest BCUT2D eigenvalue weighted by atomic mass is 9.58. The lowest BCUT2D eigenvalue weighted by molar-refractivity contribution is -0.0957. The summed E-state index contributed by atoms with van der Waals surface area (Å²) in [5, 5.41) is 11.0. The van der Waals surface area contributed by atoms with E-state index >= 15 is 0 Å². The Hall–Kier alpha value is -1.12. The molecular weight excluding hydrogens is 330 g/mol. The molecule has 1 atom stereocenters. The highest BCUT2D eigenvalue weighted by atomic mass is 16.3. The van der Waals surface area contributed by atoms with Gasteiger partial charge in [0.2, 0.25) is 0 Å². The molecule has 0 saturated heterocycles. The Labute approximate surface area is 165 Å². The molecule has 2 aliphatic carbocycles. The van der Waals surface area contributed by atoms with Gasteiger partial charge in [-0.25, -0.2) is 0 Å². The molecule has 0 bridgehead atoms. The van der Waals surface area contributed by atoms with Crippen molar-refractivity contribution in [1.82, 2.24) is 4.90 Å². The van der Waals surface area contributed by atoms with Crippen molar-refractivity contribution < 1.29 is 5.11 Å². The summed E-state index contributed by atoms with van der Waals surface area (Å²) in [5.74, 6) is 1.44. The average Bonchev–Trinajstić information content (AvgIpc) is 2.65. The molecule has 148 valence electrons. The number of hydrogen-bond donors (Lipinski definition) is 1. The third kappa shape index (κ3) is 3.29. The van der Waals surface area contributed by atoms with Crippen LogP contribution in [0.25, 0.3) is 0 Å². The van der Waals surface area contributed by atoms with E-state index in [1.807, 2.05) is 0 Å². The van der Waals surface area contributed by atoms with Gasteiger partial charge in [0.1, 0.15) is 6.23 Å². The lowest BCUT2D eigenvalue weighted by Crippen LogP contribution is -2.60. The number of benzene rings is 1. The van der Waals surface area contributed by atoms with Crippen LogP contribution in [-0.4, -0.2) is 28.3 Å². The van der Waals surface area contributed by atoms with Crippen molar-refractivity contribution in [2.75, 3.05) is 6.54 Å². The van der Waals surface area contributed by atoms with E-state index in [1.54, 1.807) is 0 Å². The molecule has 0 amide bonds. The largest absolute Gasteiger partial charge is 0.374 e. The number of nitrogens with zero attached hydrogens (tertiary/aromatic N) is 1. The molecule has 1 aliphatic heterocycles. The highest BCUT2D eigenvalue weighted by Crippen LogP contribution is 2.52. The molecule has 2 saturated carbocycles. The first-order valence-electron chi connectivity index (χ1n) is 11.1. The van der Waals surface area contributed by atoms with E-state index < -0.39 is 0 Å². The molecule has 3 aliphatic rings. The van der Waals surface area contributed by atoms with Crippen molar-refractivity contribution >= 4 is 0 Å². The third-order valence-electron chi connectivity index (χ3n) is 8.32. The summed E-state index contributed by atoms with van der Waals surface area (Å²) in [6.07, 6.45) is 12.0. The van der Waals surface area contributed by atoms with Crippen molar-refractivity contribution in [3.63, 3.8) is 0 Å². The second-order valence-electron chi connectivity index (χ2n) is 9.88. The summed E-state index contributed by atoms with van der Waals surface area (Å²) >= 11 is 0. The maximum atomic E-state index is 11.0. The van der Waals surface area contributed by atoms with E-state index in [4.69, 9.17) is 0 Å². The Morgan fingerprint density at radius 1 is 1.07 bits per heavy atom. The summed E-state index contributed by atoms with van der Waals surface area (Å²) in [6, 6.07) is 11.2. The minimum absolute atomic E-state index is 0.168. The van der Waals surface area contributed by atoms with Crippen molar-refractivity contribution in [2.24, 2.45) is 11.8 Å². The standard InChI is InChI=1S/C25H37NO/c1-19(2)25(22-10-5-4-6-11-22)16-14-24(15-17-25)13-12-20(3)23(27)26(24)18-21-8-7-9-21/h4-6,10-12,19,21,23,27H,7-9,13-18H2,1-3H3/t23?,24-,25-. The van der Waals surface area contributed by atoms with Gasteiger partial charge in [0, 0.05) is 12.1 Å². The molecule has 0 radical (unpaired) electrons. The lowest BCUT2D eigenvalue weighted by Gasteiger charge is -2.57. The maximum absolute atomic E-state index is 11.0. The van der Waals surface area contributed by atoms with Crippen LogP contribution in [0.5, 0.6) is 0 Å². The molecule has 2 heteroatoms. The monoisotopic (exact) mass is 367 g/mol. The molecular formula is C25H37NO. The van der Waals surface area contributed by atoms with E-state index in [9.17, 15) is 5.11 Å². The highest BCUT2D eigenvalue weighted by molar-refractivity contribution is 5.29. The average molecular weight is 368 g/mol. The van der Waals surface area contributed by atoms with Crippen molar-refractivity contribution in [2.45, 2.75) is 89.3 Å². The summed E-state index contributed by atoms with van der Waals surface area (Å²) in [6.45, 7) is 8.00. The molecule has 1 aromatic rings.